The summed E-state index contributed by atoms with van der Waals surface area (Å²) < 4.78 is 0. The number of hydrogen-bond donors (Lipinski definition) is 3. The minimum Gasteiger partial charge on any atom is -0.348 e. The Bertz CT molecular complexity index is 923. The number of carbonyl (C=O) groups is 2. The lowest BCUT2D eigenvalue weighted by Crippen LogP contribution is -2.22. The molecule has 130 valence electrons. The summed E-state index contributed by atoms with van der Waals surface area (Å²) in [4.78, 5) is 24.0. The maximum atomic E-state index is 12.4. The van der Waals surface area contributed by atoms with E-state index in [1.807, 2.05) is 42.5 Å². The van der Waals surface area contributed by atoms with E-state index in [0.717, 1.165) is 16.7 Å². The largest absolute Gasteiger partial charge is 0.348 e. The molecule has 0 atom stereocenters. The molecule has 0 heterocycles. The van der Waals surface area contributed by atoms with Gasteiger partial charge >= 0.3 is 0 Å². The van der Waals surface area contributed by atoms with Crippen LogP contribution in [0.5, 0.6) is 0 Å². The van der Waals surface area contributed by atoms with E-state index in [0.29, 0.717) is 17.7 Å². The molecule has 0 saturated heterocycles. The predicted octanol–water partition coefficient (Wildman–Crippen LogP) is 3.40. The summed E-state index contributed by atoms with van der Waals surface area (Å²) in [6.07, 6.45) is 0. The zero-order valence-electron chi connectivity index (χ0n) is 14.0. The molecular formula is C21H18N2O3. The Kier molecular flexibility index (Phi) is 5.41. The van der Waals surface area contributed by atoms with Crippen LogP contribution >= 0.6 is 0 Å². The minimum atomic E-state index is -0.580. The molecule has 0 aliphatic heterocycles. The molecule has 2 amide bonds. The van der Waals surface area contributed by atoms with Crippen LogP contribution in [0.3, 0.4) is 0 Å². The first kappa shape index (κ1) is 17.4. The van der Waals surface area contributed by atoms with E-state index in [-0.39, 0.29) is 5.91 Å². The zero-order chi connectivity index (χ0) is 18.4. The number of carbonyl (C=O) groups excluding carboxylic acids is 2. The third-order valence-electron chi connectivity index (χ3n) is 3.98. The molecule has 3 rings (SSSR count). The van der Waals surface area contributed by atoms with Crippen LogP contribution in [0.4, 0.5) is 0 Å². The van der Waals surface area contributed by atoms with Gasteiger partial charge in [-0.25, -0.2) is 5.48 Å². The summed E-state index contributed by atoms with van der Waals surface area (Å²) in [6, 6.07) is 23.7. The maximum Gasteiger partial charge on any atom is 0.274 e. The maximum absolute atomic E-state index is 12.4. The lowest BCUT2D eigenvalue weighted by Gasteiger charge is -2.08. The van der Waals surface area contributed by atoms with E-state index < -0.39 is 5.91 Å². The van der Waals surface area contributed by atoms with Crippen LogP contribution in [0.15, 0.2) is 78.9 Å². The van der Waals surface area contributed by atoms with E-state index in [1.165, 1.54) is 0 Å². The average Bonchev–Trinajstić information content (AvgIpc) is 2.72. The zero-order valence-corrected chi connectivity index (χ0v) is 14.0. The Balaban J connectivity index is 1.78. The highest BCUT2D eigenvalue weighted by Crippen LogP contribution is 2.22. The Morgan fingerprint density at radius 3 is 1.88 bits per heavy atom. The lowest BCUT2D eigenvalue weighted by molar-refractivity contribution is 0.0706. The van der Waals surface area contributed by atoms with E-state index in [2.05, 4.69) is 5.32 Å². The van der Waals surface area contributed by atoms with Crippen LogP contribution < -0.4 is 10.8 Å². The van der Waals surface area contributed by atoms with Crippen molar-refractivity contribution in [1.29, 1.82) is 0 Å². The van der Waals surface area contributed by atoms with Gasteiger partial charge in [-0.1, -0.05) is 54.6 Å². The van der Waals surface area contributed by atoms with Gasteiger partial charge in [0.25, 0.3) is 11.8 Å². The van der Waals surface area contributed by atoms with Gasteiger partial charge in [0.1, 0.15) is 0 Å². The normalized spacial score (nSPS) is 10.2. The number of amides is 2. The third-order valence-corrected chi connectivity index (χ3v) is 3.98. The van der Waals surface area contributed by atoms with Crippen LogP contribution in [0.25, 0.3) is 11.1 Å². The molecule has 3 aromatic rings. The molecule has 26 heavy (non-hydrogen) atoms. The van der Waals surface area contributed by atoms with Gasteiger partial charge in [-0.15, -0.1) is 0 Å². The third kappa shape index (κ3) is 4.15. The summed E-state index contributed by atoms with van der Waals surface area (Å²) in [7, 11) is 0. The number of hydroxylamine groups is 1. The van der Waals surface area contributed by atoms with Crippen molar-refractivity contribution in [3.05, 3.63) is 95.6 Å². The molecule has 0 aromatic heterocycles. The molecule has 3 aromatic carbocycles. The fourth-order valence-corrected chi connectivity index (χ4v) is 2.62. The molecule has 0 unspecified atom stereocenters. The topological polar surface area (TPSA) is 78.4 Å². The van der Waals surface area contributed by atoms with E-state index >= 15 is 0 Å². The molecule has 0 fully saturated rings. The van der Waals surface area contributed by atoms with Gasteiger partial charge in [-0.05, 0) is 41.0 Å². The molecular weight excluding hydrogens is 328 g/mol. The smallest absolute Gasteiger partial charge is 0.274 e. The van der Waals surface area contributed by atoms with Crippen molar-refractivity contribution in [2.75, 3.05) is 0 Å². The lowest BCUT2D eigenvalue weighted by atomic mass is 10.0. The van der Waals surface area contributed by atoms with Gasteiger partial charge in [0.05, 0.1) is 0 Å². The van der Waals surface area contributed by atoms with Crippen molar-refractivity contribution in [2.24, 2.45) is 0 Å². The van der Waals surface area contributed by atoms with Gasteiger partial charge in [0, 0.05) is 17.7 Å². The number of rotatable bonds is 5. The molecule has 0 aliphatic rings. The molecule has 0 radical (unpaired) electrons. The van der Waals surface area contributed by atoms with E-state index in [1.54, 1.807) is 41.9 Å². The summed E-state index contributed by atoms with van der Waals surface area (Å²) in [6.45, 7) is 0.454. The molecule has 3 N–H and O–H groups in total. The van der Waals surface area contributed by atoms with Gasteiger partial charge in [0.2, 0.25) is 0 Å². The minimum absolute atomic E-state index is 0.167. The van der Waals surface area contributed by atoms with Crippen LogP contribution in [0.2, 0.25) is 0 Å². The summed E-state index contributed by atoms with van der Waals surface area (Å²) >= 11 is 0. The van der Waals surface area contributed by atoms with E-state index in [4.69, 9.17) is 5.21 Å². The van der Waals surface area contributed by atoms with Crippen molar-refractivity contribution >= 4 is 11.8 Å². The monoisotopic (exact) mass is 346 g/mol. The van der Waals surface area contributed by atoms with Crippen molar-refractivity contribution in [3.63, 3.8) is 0 Å². The SMILES string of the molecule is O=C(NO)c1cccc(-c2cccc(C(=O)NCc3ccccc3)c2)c1. The Hall–Kier alpha value is -3.44. The highest BCUT2D eigenvalue weighted by Gasteiger charge is 2.09. The summed E-state index contributed by atoms with van der Waals surface area (Å²) in [5.41, 5.74) is 5.11. The molecule has 0 aliphatic carbocycles. The van der Waals surface area contributed by atoms with E-state index in [9.17, 15) is 9.59 Å². The fourth-order valence-electron chi connectivity index (χ4n) is 2.62. The molecule has 0 saturated carbocycles. The van der Waals surface area contributed by atoms with Crippen LogP contribution in [0.1, 0.15) is 26.3 Å². The second-order valence-corrected chi connectivity index (χ2v) is 5.77. The molecule has 5 nitrogen and oxygen atoms in total. The highest BCUT2D eigenvalue weighted by molar-refractivity contribution is 5.96. The molecule has 0 spiro atoms. The first-order valence-electron chi connectivity index (χ1n) is 8.14. The summed E-state index contributed by atoms with van der Waals surface area (Å²) in [5, 5.41) is 11.7. The molecule has 5 heteroatoms. The van der Waals surface area contributed by atoms with Crippen molar-refractivity contribution in [2.45, 2.75) is 6.54 Å². The number of nitrogens with one attached hydrogen (secondary N) is 2. The Morgan fingerprint density at radius 2 is 1.31 bits per heavy atom. The average molecular weight is 346 g/mol. The standard InChI is InChI=1S/C21H18N2O3/c24-20(22-14-15-6-2-1-3-7-15)18-10-4-8-16(12-18)17-9-5-11-19(13-17)21(25)23-26/h1-13,26H,14H2,(H,22,24)(H,23,25). The van der Waals surface area contributed by atoms with Gasteiger partial charge in [0.15, 0.2) is 0 Å². The predicted molar refractivity (Wildman–Crippen MR) is 98.7 cm³/mol. The second kappa shape index (κ2) is 8.09. The highest BCUT2D eigenvalue weighted by atomic mass is 16.5. The van der Waals surface area contributed by atoms with Crippen molar-refractivity contribution in [3.8, 4) is 11.1 Å². The van der Waals surface area contributed by atoms with Crippen LogP contribution in [0, 0.1) is 0 Å². The van der Waals surface area contributed by atoms with Crippen molar-refractivity contribution < 1.29 is 14.8 Å². The van der Waals surface area contributed by atoms with Gasteiger partial charge < -0.3 is 5.32 Å². The van der Waals surface area contributed by atoms with Crippen LogP contribution in [-0.4, -0.2) is 17.0 Å². The second-order valence-electron chi connectivity index (χ2n) is 5.77. The fraction of sp³-hybridized carbons (Fsp3) is 0.0476. The number of hydrogen-bond acceptors (Lipinski definition) is 3. The van der Waals surface area contributed by atoms with Gasteiger partial charge in [-0.2, -0.15) is 0 Å². The van der Waals surface area contributed by atoms with Crippen molar-refractivity contribution in [1.82, 2.24) is 10.8 Å². The van der Waals surface area contributed by atoms with Crippen LogP contribution in [-0.2, 0) is 6.54 Å². The Labute approximate surface area is 151 Å². The first-order valence-corrected chi connectivity index (χ1v) is 8.14. The number of benzene rings is 3. The van der Waals surface area contributed by atoms with Gasteiger partial charge in [-0.3, -0.25) is 14.8 Å². The Morgan fingerprint density at radius 1 is 0.731 bits per heavy atom. The quantitative estimate of drug-likeness (QED) is 0.489. The summed E-state index contributed by atoms with van der Waals surface area (Å²) in [5.74, 6) is -0.747. The first-order chi connectivity index (χ1) is 12.7. The molecule has 0 bridgehead atoms.